The van der Waals surface area contributed by atoms with Gasteiger partial charge in [-0.1, -0.05) is 0 Å². The summed E-state index contributed by atoms with van der Waals surface area (Å²) in [6.07, 6.45) is 3.25. The molecule has 1 amide bonds. The first kappa shape index (κ1) is 19.6. The van der Waals surface area contributed by atoms with E-state index in [9.17, 15) is 13.2 Å². The van der Waals surface area contributed by atoms with E-state index in [0.29, 0.717) is 31.9 Å². The molecule has 2 saturated heterocycles. The van der Waals surface area contributed by atoms with E-state index in [1.54, 1.807) is 16.7 Å². The van der Waals surface area contributed by atoms with Crippen molar-refractivity contribution < 1.29 is 13.2 Å². The highest BCUT2D eigenvalue weighted by Crippen LogP contribution is 2.23. The smallest absolute Gasteiger partial charge is 0.270 e. The summed E-state index contributed by atoms with van der Waals surface area (Å²) >= 11 is 1.75. The normalized spacial score (nSPS) is 22.4. The monoisotopic (exact) mass is 394 g/mol. The van der Waals surface area contributed by atoms with E-state index in [-0.39, 0.29) is 29.3 Å². The maximum absolute atomic E-state index is 12.6. The number of amides is 1. The molecule has 2 aliphatic rings. The quantitative estimate of drug-likeness (QED) is 0.784. The molecule has 10 heteroatoms. The van der Waals surface area contributed by atoms with E-state index >= 15 is 0 Å². The zero-order valence-electron chi connectivity index (χ0n) is 13.3. The Kier molecular flexibility index (Phi) is 6.60. The van der Waals surface area contributed by atoms with Crippen LogP contribution in [0.4, 0.5) is 0 Å². The van der Waals surface area contributed by atoms with Crippen molar-refractivity contribution in [2.45, 2.75) is 23.8 Å². The molecular formula is C14H23ClN4O3S2. The maximum atomic E-state index is 12.6. The molecule has 24 heavy (non-hydrogen) atoms. The molecule has 3 heterocycles. The van der Waals surface area contributed by atoms with Crippen LogP contribution in [-0.4, -0.2) is 72.2 Å². The number of hydrogen-bond donors (Lipinski definition) is 2. The van der Waals surface area contributed by atoms with Gasteiger partial charge in [0, 0.05) is 49.9 Å². The predicted molar refractivity (Wildman–Crippen MR) is 97.2 cm³/mol. The van der Waals surface area contributed by atoms with Crippen LogP contribution in [0.15, 0.2) is 17.2 Å². The Bertz CT molecular complexity index is 673. The third-order valence-corrected chi connectivity index (χ3v) is 7.22. The molecular weight excluding hydrogens is 372 g/mol. The van der Waals surface area contributed by atoms with Gasteiger partial charge < -0.3 is 15.6 Å². The number of aromatic nitrogens is 1. The number of hydrogen-bond acceptors (Lipinski definition) is 5. The highest BCUT2D eigenvalue weighted by atomic mass is 35.5. The van der Waals surface area contributed by atoms with Gasteiger partial charge in [0.2, 0.25) is 10.0 Å². The topological polar surface area (TPSA) is 99.5 Å². The highest BCUT2D eigenvalue weighted by Gasteiger charge is 2.31. The number of carbonyl (C=O) groups is 1. The van der Waals surface area contributed by atoms with Crippen LogP contribution < -0.4 is 5.73 Å². The Balaban J connectivity index is 0.00000208. The number of H-pyrrole nitrogens is 1. The molecule has 0 aliphatic carbocycles. The zero-order valence-corrected chi connectivity index (χ0v) is 15.8. The fourth-order valence-corrected chi connectivity index (χ4v) is 5.66. The molecule has 0 spiro atoms. The molecule has 3 rings (SSSR count). The highest BCUT2D eigenvalue weighted by molar-refractivity contribution is 7.99. The Morgan fingerprint density at radius 2 is 2.04 bits per heavy atom. The van der Waals surface area contributed by atoms with Gasteiger partial charge in [-0.05, 0) is 18.9 Å². The van der Waals surface area contributed by atoms with Gasteiger partial charge in [0.1, 0.15) is 10.6 Å². The second kappa shape index (κ2) is 8.09. The number of rotatable bonds is 4. The molecule has 0 aromatic carbocycles. The number of nitrogens with zero attached hydrogens (tertiary/aromatic N) is 2. The summed E-state index contributed by atoms with van der Waals surface area (Å²) < 4.78 is 26.7. The van der Waals surface area contributed by atoms with Crippen LogP contribution in [0.25, 0.3) is 0 Å². The number of nitrogens with two attached hydrogens (primary N) is 1. The fraction of sp³-hybridized carbons (Fsp3) is 0.643. The van der Waals surface area contributed by atoms with Crippen LogP contribution in [0.1, 0.15) is 23.3 Å². The average molecular weight is 395 g/mol. The average Bonchev–Trinajstić information content (AvgIpc) is 3.24. The van der Waals surface area contributed by atoms with Crippen molar-refractivity contribution in [1.29, 1.82) is 0 Å². The summed E-state index contributed by atoms with van der Waals surface area (Å²) in [6.45, 7) is 2.14. The van der Waals surface area contributed by atoms with Crippen LogP contribution in [0, 0.1) is 0 Å². The van der Waals surface area contributed by atoms with Crippen LogP contribution in [0.5, 0.6) is 0 Å². The molecule has 0 saturated carbocycles. The van der Waals surface area contributed by atoms with Crippen molar-refractivity contribution in [3.8, 4) is 0 Å². The molecule has 2 fully saturated rings. The van der Waals surface area contributed by atoms with Crippen LogP contribution in [0.2, 0.25) is 0 Å². The van der Waals surface area contributed by atoms with Gasteiger partial charge >= 0.3 is 0 Å². The molecule has 1 aromatic rings. The van der Waals surface area contributed by atoms with E-state index < -0.39 is 10.0 Å². The Morgan fingerprint density at radius 1 is 1.33 bits per heavy atom. The molecule has 1 aromatic heterocycles. The van der Waals surface area contributed by atoms with Gasteiger partial charge in [0.15, 0.2) is 0 Å². The Hall–Kier alpha value is -0.740. The van der Waals surface area contributed by atoms with E-state index in [1.165, 1.54) is 16.6 Å². The van der Waals surface area contributed by atoms with Gasteiger partial charge in [0.05, 0.1) is 0 Å². The maximum Gasteiger partial charge on any atom is 0.270 e. The Morgan fingerprint density at radius 3 is 2.71 bits per heavy atom. The second-order valence-electron chi connectivity index (χ2n) is 5.80. The van der Waals surface area contributed by atoms with Gasteiger partial charge in [0.25, 0.3) is 5.91 Å². The van der Waals surface area contributed by atoms with E-state index in [4.69, 9.17) is 5.73 Å². The van der Waals surface area contributed by atoms with E-state index in [0.717, 1.165) is 24.3 Å². The van der Waals surface area contributed by atoms with E-state index in [2.05, 4.69) is 4.98 Å². The summed E-state index contributed by atoms with van der Waals surface area (Å²) in [7, 11) is -3.52. The molecule has 1 atom stereocenters. The number of thioether (sulfide) groups is 1. The number of sulfonamides is 1. The lowest BCUT2D eigenvalue weighted by atomic mass is 10.2. The van der Waals surface area contributed by atoms with Crippen molar-refractivity contribution in [3.63, 3.8) is 0 Å². The third-order valence-electron chi connectivity index (χ3n) is 4.40. The molecule has 0 radical (unpaired) electrons. The fourth-order valence-electron chi connectivity index (χ4n) is 3.09. The number of aromatic amines is 1. The predicted octanol–water partition coefficient (Wildman–Crippen LogP) is 0.737. The van der Waals surface area contributed by atoms with Gasteiger partial charge in [-0.25, -0.2) is 8.42 Å². The lowest BCUT2D eigenvalue weighted by Crippen LogP contribution is -2.40. The van der Waals surface area contributed by atoms with E-state index in [1.807, 2.05) is 0 Å². The molecule has 1 unspecified atom stereocenters. The van der Waals surface area contributed by atoms with Crippen molar-refractivity contribution >= 4 is 40.1 Å². The van der Waals surface area contributed by atoms with Crippen molar-refractivity contribution in [3.05, 3.63) is 18.0 Å². The van der Waals surface area contributed by atoms with Crippen molar-refractivity contribution in [2.75, 3.05) is 37.7 Å². The van der Waals surface area contributed by atoms with Gasteiger partial charge in [-0.15, -0.1) is 12.4 Å². The standard InChI is InChI=1S/C14H22N4O3S2.ClH/c15-9-11-2-1-3-18(11)14(19)13-8-12(10-16-13)23(20,21)17-4-6-22-7-5-17;/h8,10-11,16H,1-7,9,15H2;1H. The van der Waals surface area contributed by atoms with Crippen LogP contribution >= 0.6 is 24.2 Å². The SMILES string of the molecule is Cl.NCC1CCCN1C(=O)c1cc(S(=O)(=O)N2CCSCC2)c[nH]1. The number of likely N-dealkylation sites (tertiary alicyclic amines) is 1. The molecule has 3 N–H and O–H groups in total. The summed E-state index contributed by atoms with van der Waals surface area (Å²) in [6, 6.07) is 1.50. The lowest BCUT2D eigenvalue weighted by molar-refractivity contribution is 0.0736. The first-order chi connectivity index (χ1) is 11.0. The van der Waals surface area contributed by atoms with Crippen LogP contribution in [-0.2, 0) is 10.0 Å². The van der Waals surface area contributed by atoms with Gasteiger partial charge in [-0.3, -0.25) is 4.79 Å². The minimum atomic E-state index is -3.52. The first-order valence-electron chi connectivity index (χ1n) is 7.81. The number of nitrogens with one attached hydrogen (secondary N) is 1. The second-order valence-corrected chi connectivity index (χ2v) is 8.96. The first-order valence-corrected chi connectivity index (χ1v) is 10.4. The lowest BCUT2D eigenvalue weighted by Gasteiger charge is -2.25. The van der Waals surface area contributed by atoms with Gasteiger partial charge in [-0.2, -0.15) is 16.1 Å². The largest absolute Gasteiger partial charge is 0.356 e. The third kappa shape index (κ3) is 3.75. The van der Waals surface area contributed by atoms with Crippen molar-refractivity contribution in [2.24, 2.45) is 5.73 Å². The minimum absolute atomic E-state index is 0. The number of halogens is 1. The molecule has 136 valence electrons. The summed E-state index contributed by atoms with van der Waals surface area (Å²) in [4.78, 5) is 17.3. The minimum Gasteiger partial charge on any atom is -0.356 e. The summed E-state index contributed by atoms with van der Waals surface area (Å²) in [5.74, 6) is 1.44. The number of carbonyl (C=O) groups excluding carboxylic acids is 1. The summed E-state index contributed by atoms with van der Waals surface area (Å²) in [5, 5.41) is 0. The van der Waals surface area contributed by atoms with Crippen molar-refractivity contribution in [1.82, 2.24) is 14.2 Å². The van der Waals surface area contributed by atoms with Crippen LogP contribution in [0.3, 0.4) is 0 Å². The summed E-state index contributed by atoms with van der Waals surface area (Å²) in [5.41, 5.74) is 6.02. The molecule has 2 aliphatic heterocycles. The zero-order chi connectivity index (χ0) is 16.4. The Labute approximate surface area is 152 Å². The molecule has 7 nitrogen and oxygen atoms in total. The molecule has 0 bridgehead atoms.